The smallest absolute Gasteiger partial charge is 0.232 e. The number of carbonyl (C=O) groups excluding carboxylic acids is 1. The van der Waals surface area contributed by atoms with Gasteiger partial charge in [-0.25, -0.2) is 4.98 Å². The molecular weight excluding hydrogens is 314 g/mol. The number of rotatable bonds is 5. The molecule has 0 aliphatic heterocycles. The number of hydrogen-bond acceptors (Lipinski definition) is 4. The molecule has 0 radical (unpaired) electrons. The first kappa shape index (κ1) is 16.8. The van der Waals surface area contributed by atoms with Gasteiger partial charge < -0.3 is 14.6 Å². The number of aryl methyl sites for hydroxylation is 1. The van der Waals surface area contributed by atoms with E-state index in [0.717, 1.165) is 22.6 Å². The van der Waals surface area contributed by atoms with Crippen molar-refractivity contribution >= 4 is 17.3 Å². The molecule has 25 heavy (non-hydrogen) atoms. The fourth-order valence-corrected chi connectivity index (χ4v) is 2.49. The molecule has 0 fully saturated rings. The van der Waals surface area contributed by atoms with Gasteiger partial charge in [0.15, 0.2) is 0 Å². The molecule has 2 aromatic carbocycles. The molecule has 1 N–H and O–H groups in total. The van der Waals surface area contributed by atoms with Gasteiger partial charge in [0.25, 0.3) is 0 Å². The highest BCUT2D eigenvalue weighted by Crippen LogP contribution is 2.22. The van der Waals surface area contributed by atoms with Gasteiger partial charge in [0.05, 0.1) is 12.1 Å². The molecule has 5 nitrogen and oxygen atoms in total. The molecule has 1 amide bonds. The zero-order valence-electron chi connectivity index (χ0n) is 14.6. The third-order valence-electron chi connectivity index (χ3n) is 3.90. The maximum absolute atomic E-state index is 12.3. The van der Waals surface area contributed by atoms with E-state index in [9.17, 15) is 4.79 Å². The van der Waals surface area contributed by atoms with E-state index < -0.39 is 0 Å². The van der Waals surface area contributed by atoms with Crippen LogP contribution in [0.2, 0.25) is 0 Å². The van der Waals surface area contributed by atoms with Crippen LogP contribution >= 0.6 is 0 Å². The van der Waals surface area contributed by atoms with E-state index in [4.69, 9.17) is 4.42 Å². The van der Waals surface area contributed by atoms with E-state index in [1.165, 1.54) is 0 Å². The van der Waals surface area contributed by atoms with Gasteiger partial charge in [-0.2, -0.15) is 0 Å². The van der Waals surface area contributed by atoms with Gasteiger partial charge in [-0.1, -0.05) is 18.2 Å². The third-order valence-corrected chi connectivity index (χ3v) is 3.90. The van der Waals surface area contributed by atoms with E-state index in [0.29, 0.717) is 11.7 Å². The lowest BCUT2D eigenvalue weighted by Gasteiger charge is -2.12. The molecule has 0 spiro atoms. The standard InChI is InChI=1S/C20H21N3O2/c1-14-18(25-20(21-14)15-7-5-4-6-8-15)13-19(24)22-16-9-11-17(12-10-16)23(2)3/h4-12H,13H2,1-3H3,(H,22,24). The highest BCUT2D eigenvalue weighted by atomic mass is 16.4. The maximum Gasteiger partial charge on any atom is 0.232 e. The topological polar surface area (TPSA) is 58.4 Å². The predicted octanol–water partition coefficient (Wildman–Crippen LogP) is 3.90. The molecule has 0 atom stereocenters. The molecule has 3 rings (SSSR count). The van der Waals surface area contributed by atoms with Gasteiger partial charge in [-0.15, -0.1) is 0 Å². The van der Waals surface area contributed by atoms with E-state index in [1.54, 1.807) is 0 Å². The number of nitrogens with one attached hydrogen (secondary N) is 1. The first-order valence-electron chi connectivity index (χ1n) is 8.12. The van der Waals surface area contributed by atoms with Crippen LogP contribution in [0, 0.1) is 6.92 Å². The first-order valence-corrected chi connectivity index (χ1v) is 8.12. The fourth-order valence-electron chi connectivity index (χ4n) is 2.49. The Morgan fingerprint density at radius 2 is 1.76 bits per heavy atom. The molecular formula is C20H21N3O2. The minimum atomic E-state index is -0.128. The van der Waals surface area contributed by atoms with Crippen molar-refractivity contribution < 1.29 is 9.21 Å². The van der Waals surface area contributed by atoms with Crippen molar-refractivity contribution in [2.24, 2.45) is 0 Å². The summed E-state index contributed by atoms with van der Waals surface area (Å²) in [6, 6.07) is 17.4. The summed E-state index contributed by atoms with van der Waals surface area (Å²) < 4.78 is 5.78. The van der Waals surface area contributed by atoms with Crippen LogP contribution < -0.4 is 10.2 Å². The molecule has 3 aromatic rings. The van der Waals surface area contributed by atoms with Crippen molar-refractivity contribution in [3.63, 3.8) is 0 Å². The summed E-state index contributed by atoms with van der Waals surface area (Å²) in [5.41, 5.74) is 3.47. The lowest BCUT2D eigenvalue weighted by Crippen LogP contribution is -2.15. The predicted molar refractivity (Wildman–Crippen MR) is 99.8 cm³/mol. The maximum atomic E-state index is 12.3. The lowest BCUT2D eigenvalue weighted by atomic mass is 10.2. The SMILES string of the molecule is Cc1nc(-c2ccccc2)oc1CC(=O)Nc1ccc(N(C)C)cc1. The minimum absolute atomic E-state index is 0.128. The van der Waals surface area contributed by atoms with Crippen molar-refractivity contribution in [3.8, 4) is 11.5 Å². The Bertz CT molecular complexity index is 852. The lowest BCUT2D eigenvalue weighted by molar-refractivity contribution is -0.115. The van der Waals surface area contributed by atoms with Crippen molar-refractivity contribution in [1.29, 1.82) is 0 Å². The Kier molecular flexibility index (Phi) is 4.84. The van der Waals surface area contributed by atoms with E-state index >= 15 is 0 Å². The fraction of sp³-hybridized carbons (Fsp3) is 0.200. The minimum Gasteiger partial charge on any atom is -0.440 e. The van der Waals surface area contributed by atoms with E-state index in [2.05, 4.69) is 10.3 Å². The number of nitrogens with zero attached hydrogens (tertiary/aromatic N) is 2. The number of amides is 1. The molecule has 1 heterocycles. The molecule has 0 bridgehead atoms. The monoisotopic (exact) mass is 335 g/mol. The third kappa shape index (κ3) is 4.07. The molecule has 0 unspecified atom stereocenters. The molecule has 0 aliphatic carbocycles. The second kappa shape index (κ2) is 7.21. The van der Waals surface area contributed by atoms with Crippen LogP contribution in [0.4, 0.5) is 11.4 Å². The zero-order valence-corrected chi connectivity index (χ0v) is 14.6. The van der Waals surface area contributed by atoms with Crippen molar-refractivity contribution in [3.05, 3.63) is 66.1 Å². The average Bonchev–Trinajstić information content (AvgIpc) is 2.97. The van der Waals surface area contributed by atoms with Crippen LogP contribution in [0.25, 0.3) is 11.5 Å². The number of aromatic nitrogens is 1. The Hall–Kier alpha value is -3.08. The Morgan fingerprint density at radius 3 is 2.40 bits per heavy atom. The van der Waals surface area contributed by atoms with Crippen molar-refractivity contribution in [1.82, 2.24) is 4.98 Å². The summed E-state index contributed by atoms with van der Waals surface area (Å²) in [4.78, 5) is 18.7. The van der Waals surface area contributed by atoms with Crippen LogP contribution in [0.3, 0.4) is 0 Å². The van der Waals surface area contributed by atoms with Gasteiger partial charge in [0, 0.05) is 31.0 Å². The summed E-state index contributed by atoms with van der Waals surface area (Å²) in [5.74, 6) is 0.994. The normalized spacial score (nSPS) is 10.5. The first-order chi connectivity index (χ1) is 12.0. The molecule has 1 aromatic heterocycles. The molecule has 128 valence electrons. The van der Waals surface area contributed by atoms with Crippen LogP contribution in [0.1, 0.15) is 11.5 Å². The highest BCUT2D eigenvalue weighted by molar-refractivity contribution is 5.92. The quantitative estimate of drug-likeness (QED) is 0.768. The van der Waals surface area contributed by atoms with Crippen LogP contribution in [-0.2, 0) is 11.2 Å². The van der Waals surface area contributed by atoms with Gasteiger partial charge in [-0.05, 0) is 43.3 Å². The number of hydrogen-bond donors (Lipinski definition) is 1. The van der Waals surface area contributed by atoms with Crippen molar-refractivity contribution in [2.75, 3.05) is 24.3 Å². The van der Waals surface area contributed by atoms with Crippen LogP contribution in [-0.4, -0.2) is 25.0 Å². The van der Waals surface area contributed by atoms with Gasteiger partial charge in [0.2, 0.25) is 11.8 Å². The largest absolute Gasteiger partial charge is 0.440 e. The Balaban J connectivity index is 1.68. The van der Waals surface area contributed by atoms with E-state index in [1.807, 2.05) is 80.5 Å². The number of anilines is 2. The highest BCUT2D eigenvalue weighted by Gasteiger charge is 2.15. The molecule has 5 heteroatoms. The summed E-state index contributed by atoms with van der Waals surface area (Å²) >= 11 is 0. The van der Waals surface area contributed by atoms with Crippen LogP contribution in [0.15, 0.2) is 59.0 Å². The number of carbonyl (C=O) groups is 1. The Morgan fingerprint density at radius 1 is 1.08 bits per heavy atom. The Labute approximate surface area is 147 Å². The summed E-state index contributed by atoms with van der Waals surface area (Å²) in [5, 5.41) is 2.89. The second-order valence-corrected chi connectivity index (χ2v) is 6.06. The summed E-state index contributed by atoms with van der Waals surface area (Å²) in [7, 11) is 3.95. The van der Waals surface area contributed by atoms with Crippen LogP contribution in [0.5, 0.6) is 0 Å². The van der Waals surface area contributed by atoms with Gasteiger partial charge in [0.1, 0.15) is 5.76 Å². The number of benzene rings is 2. The van der Waals surface area contributed by atoms with Gasteiger partial charge in [-0.3, -0.25) is 4.79 Å². The van der Waals surface area contributed by atoms with Gasteiger partial charge >= 0.3 is 0 Å². The molecule has 0 saturated carbocycles. The number of oxazole rings is 1. The second-order valence-electron chi connectivity index (χ2n) is 6.06. The summed E-state index contributed by atoms with van der Waals surface area (Å²) in [6.07, 6.45) is 0.154. The zero-order chi connectivity index (χ0) is 17.8. The molecule has 0 aliphatic rings. The molecule has 0 saturated heterocycles. The summed E-state index contributed by atoms with van der Waals surface area (Å²) in [6.45, 7) is 1.85. The average molecular weight is 335 g/mol. The van der Waals surface area contributed by atoms with E-state index in [-0.39, 0.29) is 12.3 Å². The van der Waals surface area contributed by atoms with Crippen molar-refractivity contribution in [2.45, 2.75) is 13.3 Å².